The summed E-state index contributed by atoms with van der Waals surface area (Å²) in [5.74, 6) is 0. The highest BCUT2D eigenvalue weighted by Crippen LogP contribution is 2.29. The van der Waals surface area contributed by atoms with Crippen molar-refractivity contribution >= 4 is 11.4 Å². The van der Waals surface area contributed by atoms with Crippen molar-refractivity contribution in [3.8, 4) is 0 Å². The third-order valence-electron chi connectivity index (χ3n) is 3.43. The molecule has 1 aliphatic rings. The van der Waals surface area contributed by atoms with Crippen LogP contribution in [-0.2, 0) is 0 Å². The second-order valence-electron chi connectivity index (χ2n) is 6.11. The highest BCUT2D eigenvalue weighted by atomic mass is 16.4. The van der Waals surface area contributed by atoms with Gasteiger partial charge in [0.2, 0.25) is 0 Å². The van der Waals surface area contributed by atoms with Crippen LogP contribution in [0.3, 0.4) is 0 Å². The predicted octanol–water partition coefficient (Wildman–Crippen LogP) is 3.51. The summed E-state index contributed by atoms with van der Waals surface area (Å²) in [6.45, 7) is 8.79. The van der Waals surface area contributed by atoms with Crippen molar-refractivity contribution in [1.82, 2.24) is 0 Å². The van der Waals surface area contributed by atoms with E-state index >= 15 is 0 Å². The summed E-state index contributed by atoms with van der Waals surface area (Å²) < 4.78 is 0. The average Bonchev–Trinajstić information content (AvgIpc) is 2.35. The molecule has 0 fully saturated rings. The Kier molecular flexibility index (Phi) is 3.60. The van der Waals surface area contributed by atoms with Crippen molar-refractivity contribution in [2.75, 3.05) is 18.0 Å². The molecule has 1 N–H and O–H groups in total. The van der Waals surface area contributed by atoms with Crippen LogP contribution in [0.15, 0.2) is 29.4 Å². The fraction of sp³-hybridized carbons (Fsp3) is 0.533. The van der Waals surface area contributed by atoms with E-state index in [9.17, 15) is 0 Å². The maximum absolute atomic E-state index is 9.05. The Hall–Kier alpha value is -1.51. The molecule has 1 heterocycles. The molecule has 3 nitrogen and oxygen atoms in total. The molecule has 0 aliphatic carbocycles. The Bertz CT molecular complexity index is 446. The van der Waals surface area contributed by atoms with E-state index in [1.807, 2.05) is 18.2 Å². The normalized spacial score (nSPS) is 17.9. The minimum absolute atomic E-state index is 0.348. The lowest BCUT2D eigenvalue weighted by Crippen LogP contribution is -2.34. The summed E-state index contributed by atoms with van der Waals surface area (Å²) in [5, 5.41) is 12.5. The molecule has 0 bridgehead atoms. The molecule has 18 heavy (non-hydrogen) atoms. The van der Waals surface area contributed by atoms with E-state index in [0.29, 0.717) is 5.41 Å². The van der Waals surface area contributed by atoms with Gasteiger partial charge in [-0.1, -0.05) is 44.1 Å². The number of hydrogen-bond donors (Lipinski definition) is 1. The molecule has 0 atom stereocenters. The van der Waals surface area contributed by atoms with Crippen molar-refractivity contribution in [2.24, 2.45) is 10.6 Å². The van der Waals surface area contributed by atoms with Crippen molar-refractivity contribution in [3.05, 3.63) is 29.8 Å². The maximum Gasteiger partial charge on any atom is 0.0906 e. The number of benzene rings is 1. The summed E-state index contributed by atoms with van der Waals surface area (Å²) in [4.78, 5) is 2.40. The smallest absolute Gasteiger partial charge is 0.0906 e. The maximum atomic E-state index is 9.05. The van der Waals surface area contributed by atoms with Gasteiger partial charge in [-0.05, 0) is 17.9 Å². The second-order valence-corrected chi connectivity index (χ2v) is 6.11. The van der Waals surface area contributed by atoms with Crippen LogP contribution in [0.25, 0.3) is 0 Å². The molecule has 0 saturated heterocycles. The van der Waals surface area contributed by atoms with E-state index in [2.05, 4.69) is 36.9 Å². The summed E-state index contributed by atoms with van der Waals surface area (Å²) in [6.07, 6.45) is 1.98. The molecule has 0 spiro atoms. The van der Waals surface area contributed by atoms with E-state index < -0.39 is 0 Å². The van der Waals surface area contributed by atoms with Gasteiger partial charge in [-0.3, -0.25) is 0 Å². The van der Waals surface area contributed by atoms with Crippen LogP contribution < -0.4 is 4.90 Å². The molecule has 0 unspecified atom stereocenters. The minimum atomic E-state index is 0.348. The number of nitrogens with zero attached hydrogens (tertiary/aromatic N) is 2. The first-order chi connectivity index (χ1) is 8.51. The number of anilines is 1. The summed E-state index contributed by atoms with van der Waals surface area (Å²) in [5.41, 5.74) is 3.42. The molecule has 3 heteroatoms. The molecular weight excluding hydrogens is 224 g/mol. The van der Waals surface area contributed by atoms with E-state index in [-0.39, 0.29) is 0 Å². The molecule has 0 amide bonds. The van der Waals surface area contributed by atoms with Crippen LogP contribution >= 0.6 is 0 Å². The Morgan fingerprint density at radius 1 is 1.28 bits per heavy atom. The number of oxime groups is 1. The van der Waals surface area contributed by atoms with E-state index in [1.54, 1.807) is 0 Å². The highest BCUT2D eigenvalue weighted by Gasteiger charge is 2.22. The van der Waals surface area contributed by atoms with Crippen molar-refractivity contribution in [2.45, 2.75) is 33.6 Å². The first-order valence-corrected chi connectivity index (χ1v) is 6.56. The summed E-state index contributed by atoms with van der Waals surface area (Å²) >= 11 is 0. The van der Waals surface area contributed by atoms with Crippen LogP contribution in [0, 0.1) is 5.41 Å². The zero-order chi connectivity index (χ0) is 13.2. The topological polar surface area (TPSA) is 35.8 Å². The fourth-order valence-electron chi connectivity index (χ4n) is 2.30. The van der Waals surface area contributed by atoms with Gasteiger partial charge in [-0.25, -0.2) is 0 Å². The lowest BCUT2D eigenvalue weighted by atomic mass is 9.91. The molecule has 0 radical (unpaired) electrons. The molecule has 1 aromatic rings. The van der Waals surface area contributed by atoms with E-state index in [4.69, 9.17) is 5.21 Å². The Labute approximate surface area is 109 Å². The van der Waals surface area contributed by atoms with Gasteiger partial charge in [-0.2, -0.15) is 0 Å². The first kappa shape index (κ1) is 12.9. The zero-order valence-corrected chi connectivity index (χ0v) is 11.5. The SMILES string of the molecule is CC(C)(C)CCN1CCC(=NO)c2ccccc21. The van der Waals surface area contributed by atoms with Gasteiger partial charge in [0, 0.05) is 30.8 Å². The Balaban J connectivity index is 2.20. The van der Waals surface area contributed by atoms with Gasteiger partial charge >= 0.3 is 0 Å². The number of rotatable bonds is 2. The Morgan fingerprint density at radius 3 is 2.67 bits per heavy atom. The number of para-hydroxylation sites is 1. The first-order valence-electron chi connectivity index (χ1n) is 6.56. The third-order valence-corrected chi connectivity index (χ3v) is 3.43. The summed E-state index contributed by atoms with van der Waals surface area (Å²) in [7, 11) is 0. The molecule has 2 rings (SSSR count). The van der Waals surface area contributed by atoms with E-state index in [0.717, 1.165) is 37.2 Å². The van der Waals surface area contributed by atoms with Crippen LogP contribution in [-0.4, -0.2) is 24.0 Å². The molecule has 1 aromatic carbocycles. The van der Waals surface area contributed by atoms with Gasteiger partial charge in [0.15, 0.2) is 0 Å². The van der Waals surface area contributed by atoms with Crippen molar-refractivity contribution < 1.29 is 5.21 Å². The van der Waals surface area contributed by atoms with Gasteiger partial charge in [-0.15, -0.1) is 0 Å². The minimum Gasteiger partial charge on any atom is -0.411 e. The van der Waals surface area contributed by atoms with Crippen LogP contribution in [0.1, 0.15) is 39.2 Å². The monoisotopic (exact) mass is 246 g/mol. The van der Waals surface area contributed by atoms with Crippen LogP contribution in [0.5, 0.6) is 0 Å². The third kappa shape index (κ3) is 2.84. The molecule has 0 aromatic heterocycles. The second kappa shape index (κ2) is 5.01. The van der Waals surface area contributed by atoms with Gasteiger partial charge in [0.05, 0.1) is 5.71 Å². The zero-order valence-electron chi connectivity index (χ0n) is 11.5. The molecule has 0 saturated carbocycles. The highest BCUT2D eigenvalue weighted by molar-refractivity contribution is 6.06. The lowest BCUT2D eigenvalue weighted by molar-refractivity contribution is 0.317. The van der Waals surface area contributed by atoms with Crippen LogP contribution in [0.4, 0.5) is 5.69 Å². The molecule has 98 valence electrons. The fourth-order valence-corrected chi connectivity index (χ4v) is 2.30. The predicted molar refractivity (Wildman–Crippen MR) is 75.7 cm³/mol. The van der Waals surface area contributed by atoms with Gasteiger partial charge < -0.3 is 10.1 Å². The lowest BCUT2D eigenvalue weighted by Gasteiger charge is -2.33. The summed E-state index contributed by atoms with van der Waals surface area (Å²) in [6, 6.07) is 8.19. The van der Waals surface area contributed by atoms with Gasteiger partial charge in [0.25, 0.3) is 0 Å². The van der Waals surface area contributed by atoms with E-state index in [1.165, 1.54) is 5.69 Å². The largest absolute Gasteiger partial charge is 0.411 e. The van der Waals surface area contributed by atoms with Crippen molar-refractivity contribution in [3.63, 3.8) is 0 Å². The van der Waals surface area contributed by atoms with Crippen molar-refractivity contribution in [1.29, 1.82) is 0 Å². The quantitative estimate of drug-likeness (QED) is 0.640. The Morgan fingerprint density at radius 2 is 2.00 bits per heavy atom. The molecule has 1 aliphatic heterocycles. The van der Waals surface area contributed by atoms with Gasteiger partial charge in [0.1, 0.15) is 0 Å². The van der Waals surface area contributed by atoms with Crippen LogP contribution in [0.2, 0.25) is 0 Å². The number of fused-ring (bicyclic) bond motifs is 1. The number of hydrogen-bond acceptors (Lipinski definition) is 3. The average molecular weight is 246 g/mol. The standard InChI is InChI=1S/C15H22N2O/c1-15(2,3)9-11-17-10-8-13(16-18)12-6-4-5-7-14(12)17/h4-7,18H,8-11H2,1-3H3. The molecular formula is C15H22N2O.